The molecule has 1 heterocycles. The highest BCUT2D eigenvalue weighted by atomic mass is 32.2. The van der Waals surface area contributed by atoms with E-state index in [1.165, 1.54) is 12.1 Å². The lowest BCUT2D eigenvalue weighted by atomic mass is 10.1. The summed E-state index contributed by atoms with van der Waals surface area (Å²) in [5.74, 6) is -0.589. The van der Waals surface area contributed by atoms with E-state index in [1.54, 1.807) is 18.2 Å². The largest absolute Gasteiger partial charge is 0.355 e. The van der Waals surface area contributed by atoms with E-state index in [0.29, 0.717) is 19.5 Å². The number of benzene rings is 1. The van der Waals surface area contributed by atoms with Crippen molar-refractivity contribution in [3.63, 3.8) is 0 Å². The van der Waals surface area contributed by atoms with Gasteiger partial charge in [-0.25, -0.2) is 8.42 Å². The molecule has 2 amide bonds. The van der Waals surface area contributed by atoms with Crippen molar-refractivity contribution in [2.24, 2.45) is 0 Å². The summed E-state index contributed by atoms with van der Waals surface area (Å²) in [6.07, 6.45) is 0.433. The Bertz CT molecular complexity index is 706. The average Bonchev–Trinajstić information content (AvgIpc) is 2.94. The zero-order valence-electron chi connectivity index (χ0n) is 14.6. The van der Waals surface area contributed by atoms with Gasteiger partial charge in [-0.1, -0.05) is 18.2 Å². The monoisotopic (exact) mass is 367 g/mol. The van der Waals surface area contributed by atoms with E-state index in [0.717, 1.165) is 0 Å². The van der Waals surface area contributed by atoms with E-state index in [9.17, 15) is 18.0 Å². The van der Waals surface area contributed by atoms with Crippen molar-refractivity contribution < 1.29 is 18.0 Å². The molecule has 0 aromatic heterocycles. The molecule has 1 aromatic carbocycles. The summed E-state index contributed by atoms with van der Waals surface area (Å²) in [5, 5.41) is 5.62. The summed E-state index contributed by atoms with van der Waals surface area (Å²) < 4.78 is 24.4. The fourth-order valence-electron chi connectivity index (χ4n) is 2.98. The van der Waals surface area contributed by atoms with Gasteiger partial charge in [0.25, 0.3) is 0 Å². The van der Waals surface area contributed by atoms with Gasteiger partial charge in [-0.3, -0.25) is 14.5 Å². The third-order valence-corrected chi connectivity index (χ3v) is 6.00. The number of sulfone groups is 1. The Morgan fingerprint density at radius 2 is 1.92 bits per heavy atom. The normalized spacial score (nSPS) is 21.0. The average molecular weight is 367 g/mol. The maximum absolute atomic E-state index is 12.2. The summed E-state index contributed by atoms with van der Waals surface area (Å²) in [4.78, 5) is 26.2. The topological polar surface area (TPSA) is 95.6 Å². The second kappa shape index (κ2) is 8.44. The Labute approximate surface area is 148 Å². The van der Waals surface area contributed by atoms with E-state index in [2.05, 4.69) is 10.6 Å². The van der Waals surface area contributed by atoms with Crippen LogP contribution in [0.4, 0.5) is 0 Å². The first-order valence-corrected chi connectivity index (χ1v) is 10.0. The first kappa shape index (κ1) is 19.4. The molecule has 2 N–H and O–H groups in total. The van der Waals surface area contributed by atoms with Gasteiger partial charge in [-0.15, -0.1) is 0 Å². The number of carbonyl (C=O) groups is 2. The molecule has 25 heavy (non-hydrogen) atoms. The lowest BCUT2D eigenvalue weighted by molar-refractivity contribution is -0.125. The second-order valence-electron chi connectivity index (χ2n) is 6.23. The zero-order chi connectivity index (χ0) is 18.4. The van der Waals surface area contributed by atoms with E-state index < -0.39 is 9.84 Å². The van der Waals surface area contributed by atoms with Gasteiger partial charge >= 0.3 is 0 Å². The number of rotatable bonds is 7. The standard InChI is InChI=1S/C17H25N3O4S/c1-3-18-17(22)15-11-13(12-20(15)2)19-16(21)9-10-25(23,24)14-7-5-4-6-8-14/h4-8,13,15H,3,9-12H2,1-2H3,(H,18,22)(H,19,21)/t13-,15-/m0/s1. The molecule has 0 unspecified atom stereocenters. The smallest absolute Gasteiger partial charge is 0.237 e. The van der Waals surface area contributed by atoms with Crippen LogP contribution < -0.4 is 10.6 Å². The van der Waals surface area contributed by atoms with Crippen molar-refractivity contribution in [2.75, 3.05) is 25.9 Å². The van der Waals surface area contributed by atoms with Crippen molar-refractivity contribution in [2.45, 2.75) is 36.7 Å². The highest BCUT2D eigenvalue weighted by Gasteiger charge is 2.34. The van der Waals surface area contributed by atoms with Crippen LogP contribution in [0.1, 0.15) is 19.8 Å². The van der Waals surface area contributed by atoms with Gasteiger partial charge in [0.2, 0.25) is 11.8 Å². The fraction of sp³-hybridized carbons (Fsp3) is 0.529. The molecule has 0 saturated carbocycles. The summed E-state index contributed by atoms with van der Waals surface area (Å²) in [6.45, 7) is 3.00. The molecule has 1 aromatic rings. The highest BCUT2D eigenvalue weighted by Crippen LogP contribution is 2.16. The minimum atomic E-state index is -3.47. The molecule has 0 radical (unpaired) electrons. The maximum atomic E-state index is 12.2. The first-order valence-electron chi connectivity index (χ1n) is 8.38. The van der Waals surface area contributed by atoms with Gasteiger partial charge in [-0.05, 0) is 32.5 Å². The number of nitrogens with one attached hydrogen (secondary N) is 2. The number of likely N-dealkylation sites (tertiary alicyclic amines) is 1. The van der Waals surface area contributed by atoms with Gasteiger partial charge in [0, 0.05) is 25.6 Å². The van der Waals surface area contributed by atoms with Gasteiger partial charge in [-0.2, -0.15) is 0 Å². The molecule has 138 valence electrons. The number of hydrogen-bond acceptors (Lipinski definition) is 5. The van der Waals surface area contributed by atoms with Crippen LogP contribution in [0.15, 0.2) is 35.2 Å². The Morgan fingerprint density at radius 1 is 1.24 bits per heavy atom. The first-order chi connectivity index (χ1) is 11.8. The molecule has 1 fully saturated rings. The van der Waals surface area contributed by atoms with Crippen LogP contribution in [0.2, 0.25) is 0 Å². The van der Waals surface area contributed by atoms with Crippen LogP contribution in [0, 0.1) is 0 Å². The molecule has 1 aliphatic rings. The molecular weight excluding hydrogens is 342 g/mol. The minimum absolute atomic E-state index is 0.0478. The van der Waals surface area contributed by atoms with E-state index in [-0.39, 0.29) is 41.0 Å². The van der Waals surface area contributed by atoms with Crippen molar-refractivity contribution in [3.8, 4) is 0 Å². The molecule has 0 aliphatic carbocycles. The molecule has 8 heteroatoms. The Morgan fingerprint density at radius 3 is 2.56 bits per heavy atom. The molecule has 2 rings (SSSR count). The molecule has 1 aliphatic heterocycles. The van der Waals surface area contributed by atoms with Gasteiger partial charge in [0.05, 0.1) is 16.7 Å². The summed E-state index contributed by atoms with van der Waals surface area (Å²) in [5.41, 5.74) is 0. The van der Waals surface area contributed by atoms with E-state index >= 15 is 0 Å². The Balaban J connectivity index is 1.84. The number of amides is 2. The van der Waals surface area contributed by atoms with Crippen LogP contribution in [0.3, 0.4) is 0 Å². The van der Waals surface area contributed by atoms with Gasteiger partial charge < -0.3 is 10.6 Å². The second-order valence-corrected chi connectivity index (χ2v) is 8.34. The predicted molar refractivity (Wildman–Crippen MR) is 94.8 cm³/mol. The predicted octanol–water partition coefficient (Wildman–Crippen LogP) is 0.175. The third-order valence-electron chi connectivity index (χ3n) is 4.27. The van der Waals surface area contributed by atoms with Crippen LogP contribution in [-0.4, -0.2) is 63.1 Å². The van der Waals surface area contributed by atoms with Crippen LogP contribution in [0.5, 0.6) is 0 Å². The molecule has 2 atom stereocenters. The third kappa shape index (κ3) is 5.27. The SMILES string of the molecule is CCNC(=O)[C@@H]1C[C@H](NC(=O)CCS(=O)(=O)c2ccccc2)CN1C. The van der Waals surface area contributed by atoms with Crippen molar-refractivity contribution in [3.05, 3.63) is 30.3 Å². The van der Waals surface area contributed by atoms with Crippen molar-refractivity contribution >= 4 is 21.7 Å². The minimum Gasteiger partial charge on any atom is -0.355 e. The molecular formula is C17H25N3O4S. The molecule has 0 spiro atoms. The van der Waals surface area contributed by atoms with Crippen LogP contribution in [-0.2, 0) is 19.4 Å². The summed E-state index contributed by atoms with van der Waals surface area (Å²) in [7, 11) is -1.63. The van der Waals surface area contributed by atoms with Crippen molar-refractivity contribution in [1.29, 1.82) is 0 Å². The summed E-state index contributed by atoms with van der Waals surface area (Å²) >= 11 is 0. The molecule has 1 saturated heterocycles. The lowest BCUT2D eigenvalue weighted by Crippen LogP contribution is -2.41. The Hall–Kier alpha value is -1.93. The maximum Gasteiger partial charge on any atom is 0.237 e. The van der Waals surface area contributed by atoms with Gasteiger partial charge in [0.1, 0.15) is 0 Å². The number of hydrogen-bond donors (Lipinski definition) is 2. The highest BCUT2D eigenvalue weighted by molar-refractivity contribution is 7.91. The molecule has 7 nitrogen and oxygen atoms in total. The van der Waals surface area contributed by atoms with Crippen LogP contribution >= 0.6 is 0 Å². The zero-order valence-corrected chi connectivity index (χ0v) is 15.4. The fourth-order valence-corrected chi connectivity index (χ4v) is 4.24. The molecule has 0 bridgehead atoms. The lowest BCUT2D eigenvalue weighted by Gasteiger charge is -2.17. The van der Waals surface area contributed by atoms with Crippen LogP contribution in [0.25, 0.3) is 0 Å². The quantitative estimate of drug-likeness (QED) is 0.717. The van der Waals surface area contributed by atoms with E-state index in [1.807, 2.05) is 18.9 Å². The van der Waals surface area contributed by atoms with Crippen molar-refractivity contribution in [1.82, 2.24) is 15.5 Å². The summed E-state index contributed by atoms with van der Waals surface area (Å²) in [6, 6.07) is 7.69. The number of likely N-dealkylation sites (N-methyl/N-ethyl adjacent to an activating group) is 2. The number of nitrogens with zero attached hydrogens (tertiary/aromatic N) is 1. The number of carbonyl (C=O) groups excluding carboxylic acids is 2. The van der Waals surface area contributed by atoms with E-state index in [4.69, 9.17) is 0 Å². The Kier molecular flexibility index (Phi) is 6.55. The van der Waals surface area contributed by atoms with Gasteiger partial charge in [0.15, 0.2) is 9.84 Å².